The van der Waals surface area contributed by atoms with Gasteiger partial charge in [-0.15, -0.1) is 0 Å². The molecular weight excluding hydrogens is 243 g/mol. The fourth-order valence-electron chi connectivity index (χ4n) is 1.89. The third kappa shape index (κ3) is 2.81. The van der Waals surface area contributed by atoms with E-state index in [-0.39, 0.29) is 5.82 Å². The summed E-state index contributed by atoms with van der Waals surface area (Å²) in [4.78, 5) is 9.72. The van der Waals surface area contributed by atoms with E-state index < -0.39 is 0 Å². The molecule has 2 N–H and O–H groups in total. The zero-order valence-electron chi connectivity index (χ0n) is 11.1. The molecule has 0 radical (unpaired) electrons. The molecule has 100 valence electrons. The van der Waals surface area contributed by atoms with Gasteiger partial charge in [-0.1, -0.05) is 18.2 Å². The Morgan fingerprint density at radius 2 is 2.00 bits per heavy atom. The van der Waals surface area contributed by atoms with E-state index in [1.54, 1.807) is 6.92 Å². The van der Waals surface area contributed by atoms with Gasteiger partial charge in [-0.05, 0) is 25.5 Å². The van der Waals surface area contributed by atoms with E-state index in [0.29, 0.717) is 30.3 Å². The van der Waals surface area contributed by atoms with Crippen molar-refractivity contribution >= 4 is 11.5 Å². The molecule has 0 atom stereocenters. The third-order valence-electron chi connectivity index (χ3n) is 3.04. The normalized spacial score (nSPS) is 10.5. The van der Waals surface area contributed by atoms with Crippen LogP contribution in [0, 0.1) is 12.7 Å². The minimum atomic E-state index is -0.376. The number of hydrogen-bond acceptors (Lipinski definition) is 4. The van der Waals surface area contributed by atoms with Crippen LogP contribution in [-0.4, -0.2) is 16.5 Å². The van der Waals surface area contributed by atoms with E-state index in [0.717, 1.165) is 5.56 Å². The number of anilines is 2. The molecule has 5 heteroatoms. The molecule has 2 aromatic rings. The topological polar surface area (TPSA) is 55.0 Å². The van der Waals surface area contributed by atoms with Crippen LogP contribution in [0.5, 0.6) is 0 Å². The first-order valence-corrected chi connectivity index (χ1v) is 6.19. The SMILES string of the molecule is CCN(Cc1ccccc1N)c1ncnc(C)c1F. The number of halogens is 1. The summed E-state index contributed by atoms with van der Waals surface area (Å²) in [6.07, 6.45) is 1.38. The van der Waals surface area contributed by atoms with Crippen LogP contribution in [0.4, 0.5) is 15.9 Å². The Hall–Kier alpha value is -2.17. The lowest BCUT2D eigenvalue weighted by molar-refractivity contribution is 0.591. The second-order valence-electron chi connectivity index (χ2n) is 4.31. The van der Waals surface area contributed by atoms with Gasteiger partial charge in [-0.25, -0.2) is 14.4 Å². The van der Waals surface area contributed by atoms with Crippen LogP contribution in [-0.2, 0) is 6.54 Å². The van der Waals surface area contributed by atoms with Crippen molar-refractivity contribution in [3.05, 3.63) is 47.7 Å². The lowest BCUT2D eigenvalue weighted by Gasteiger charge is -2.23. The zero-order valence-corrected chi connectivity index (χ0v) is 11.1. The van der Waals surface area contributed by atoms with Gasteiger partial charge in [0.15, 0.2) is 11.6 Å². The van der Waals surface area contributed by atoms with E-state index in [1.165, 1.54) is 6.33 Å². The van der Waals surface area contributed by atoms with Crippen molar-refractivity contribution < 1.29 is 4.39 Å². The molecule has 0 aliphatic rings. The van der Waals surface area contributed by atoms with Crippen molar-refractivity contribution in [1.29, 1.82) is 0 Å². The Kier molecular flexibility index (Phi) is 3.94. The van der Waals surface area contributed by atoms with Crippen molar-refractivity contribution in [3.8, 4) is 0 Å². The number of nitrogens with zero attached hydrogens (tertiary/aromatic N) is 3. The average molecular weight is 260 g/mol. The van der Waals surface area contributed by atoms with Crippen molar-refractivity contribution in [1.82, 2.24) is 9.97 Å². The van der Waals surface area contributed by atoms with Crippen molar-refractivity contribution in [2.45, 2.75) is 20.4 Å². The van der Waals surface area contributed by atoms with Crippen LogP contribution >= 0.6 is 0 Å². The number of aromatic nitrogens is 2. The minimum absolute atomic E-state index is 0.318. The maximum atomic E-state index is 14.0. The smallest absolute Gasteiger partial charge is 0.186 e. The summed E-state index contributed by atoms with van der Waals surface area (Å²) in [5.74, 6) is -0.0582. The van der Waals surface area contributed by atoms with E-state index >= 15 is 0 Å². The molecule has 0 spiro atoms. The zero-order chi connectivity index (χ0) is 13.8. The molecule has 0 unspecified atom stereocenters. The van der Waals surface area contributed by atoms with Gasteiger partial charge in [-0.2, -0.15) is 0 Å². The quantitative estimate of drug-likeness (QED) is 0.858. The molecule has 0 bridgehead atoms. The fourth-order valence-corrected chi connectivity index (χ4v) is 1.89. The molecule has 0 aliphatic heterocycles. The first-order chi connectivity index (χ1) is 9.13. The van der Waals surface area contributed by atoms with Crippen LogP contribution in [0.1, 0.15) is 18.2 Å². The van der Waals surface area contributed by atoms with Crippen molar-refractivity contribution in [3.63, 3.8) is 0 Å². The van der Waals surface area contributed by atoms with Crippen LogP contribution in [0.3, 0.4) is 0 Å². The van der Waals surface area contributed by atoms with Crippen LogP contribution < -0.4 is 10.6 Å². The maximum Gasteiger partial charge on any atom is 0.186 e. The number of nitrogen functional groups attached to an aromatic ring is 1. The van der Waals surface area contributed by atoms with Gasteiger partial charge < -0.3 is 10.6 Å². The van der Waals surface area contributed by atoms with Crippen LogP contribution in [0.15, 0.2) is 30.6 Å². The van der Waals surface area contributed by atoms with Gasteiger partial charge in [0, 0.05) is 18.8 Å². The number of hydrogen-bond donors (Lipinski definition) is 1. The second-order valence-corrected chi connectivity index (χ2v) is 4.31. The highest BCUT2D eigenvalue weighted by Gasteiger charge is 2.15. The molecule has 0 amide bonds. The monoisotopic (exact) mass is 260 g/mol. The molecule has 19 heavy (non-hydrogen) atoms. The fraction of sp³-hybridized carbons (Fsp3) is 0.286. The molecule has 0 saturated heterocycles. The molecule has 0 saturated carbocycles. The average Bonchev–Trinajstić information content (AvgIpc) is 2.41. The van der Waals surface area contributed by atoms with Crippen molar-refractivity contribution in [2.75, 3.05) is 17.2 Å². The van der Waals surface area contributed by atoms with Gasteiger partial charge in [0.2, 0.25) is 0 Å². The number of benzene rings is 1. The largest absolute Gasteiger partial charge is 0.398 e. The predicted octanol–water partition coefficient (Wildman–Crippen LogP) is 2.53. The Labute approximate surface area is 112 Å². The minimum Gasteiger partial charge on any atom is -0.398 e. The summed E-state index contributed by atoms with van der Waals surface area (Å²) < 4.78 is 14.0. The molecule has 0 fully saturated rings. The van der Waals surface area contributed by atoms with Gasteiger partial charge in [-0.3, -0.25) is 0 Å². The summed E-state index contributed by atoms with van der Waals surface area (Å²) >= 11 is 0. The Morgan fingerprint density at radius 3 is 2.68 bits per heavy atom. The number of aryl methyl sites for hydroxylation is 1. The highest BCUT2D eigenvalue weighted by atomic mass is 19.1. The molecule has 1 heterocycles. The summed E-state index contributed by atoms with van der Waals surface area (Å²) in [6, 6.07) is 7.57. The summed E-state index contributed by atoms with van der Waals surface area (Å²) in [5, 5.41) is 0. The molecule has 2 rings (SSSR count). The molecule has 4 nitrogen and oxygen atoms in total. The van der Waals surface area contributed by atoms with Gasteiger partial charge in [0.1, 0.15) is 6.33 Å². The lowest BCUT2D eigenvalue weighted by Crippen LogP contribution is -2.25. The summed E-state index contributed by atoms with van der Waals surface area (Å²) in [7, 11) is 0. The Morgan fingerprint density at radius 1 is 1.26 bits per heavy atom. The first kappa shape index (κ1) is 13.3. The van der Waals surface area contributed by atoms with Crippen LogP contribution in [0.25, 0.3) is 0 Å². The number of nitrogens with two attached hydrogens (primary N) is 1. The first-order valence-electron chi connectivity index (χ1n) is 6.19. The third-order valence-corrected chi connectivity index (χ3v) is 3.04. The lowest BCUT2D eigenvalue weighted by atomic mass is 10.1. The predicted molar refractivity (Wildman–Crippen MR) is 74.3 cm³/mol. The standard InChI is InChI=1S/C14H17FN4/c1-3-19(8-11-6-4-5-7-12(11)16)14-13(15)10(2)17-9-18-14/h4-7,9H,3,8,16H2,1-2H3. The van der Waals surface area contributed by atoms with E-state index in [4.69, 9.17) is 5.73 Å². The Balaban J connectivity index is 2.31. The van der Waals surface area contributed by atoms with Crippen molar-refractivity contribution in [2.24, 2.45) is 0 Å². The number of para-hydroxylation sites is 1. The molecular formula is C14H17FN4. The summed E-state index contributed by atoms with van der Waals surface area (Å²) in [5.41, 5.74) is 7.93. The van der Waals surface area contributed by atoms with Gasteiger partial charge in [0.25, 0.3) is 0 Å². The highest BCUT2D eigenvalue weighted by molar-refractivity contribution is 5.50. The second kappa shape index (κ2) is 5.65. The van der Waals surface area contributed by atoms with Gasteiger partial charge in [0.05, 0.1) is 5.69 Å². The van der Waals surface area contributed by atoms with E-state index in [2.05, 4.69) is 9.97 Å². The van der Waals surface area contributed by atoms with Gasteiger partial charge >= 0.3 is 0 Å². The molecule has 1 aromatic heterocycles. The van der Waals surface area contributed by atoms with E-state index in [1.807, 2.05) is 36.1 Å². The number of rotatable bonds is 4. The highest BCUT2D eigenvalue weighted by Crippen LogP contribution is 2.21. The maximum absolute atomic E-state index is 14.0. The van der Waals surface area contributed by atoms with Crippen LogP contribution in [0.2, 0.25) is 0 Å². The molecule has 1 aromatic carbocycles. The Bertz CT molecular complexity index is 571. The summed E-state index contributed by atoms with van der Waals surface area (Å²) in [6.45, 7) is 4.75. The molecule has 0 aliphatic carbocycles. The van der Waals surface area contributed by atoms with E-state index in [9.17, 15) is 4.39 Å².